The second kappa shape index (κ2) is 7.95. The Kier molecular flexibility index (Phi) is 5.02. The van der Waals surface area contributed by atoms with Gasteiger partial charge in [-0.15, -0.1) is 0 Å². The van der Waals surface area contributed by atoms with Gasteiger partial charge >= 0.3 is 0 Å². The number of aromatic nitrogens is 3. The molecule has 29 heavy (non-hydrogen) atoms. The van der Waals surface area contributed by atoms with E-state index in [-0.39, 0.29) is 12.1 Å². The van der Waals surface area contributed by atoms with Crippen LogP contribution in [0.3, 0.4) is 0 Å². The zero-order valence-electron chi connectivity index (χ0n) is 16.3. The Balaban J connectivity index is 1.55. The van der Waals surface area contributed by atoms with Gasteiger partial charge in [0.15, 0.2) is 5.11 Å². The first-order valence-corrected chi connectivity index (χ1v) is 10.8. The van der Waals surface area contributed by atoms with Gasteiger partial charge in [-0.2, -0.15) is 0 Å². The third-order valence-electron chi connectivity index (χ3n) is 6.10. The summed E-state index contributed by atoms with van der Waals surface area (Å²) in [6.45, 7) is 0.798. The number of hydrogen-bond donors (Lipinski definition) is 1. The van der Waals surface area contributed by atoms with E-state index in [0.29, 0.717) is 6.04 Å². The molecule has 0 amide bonds. The minimum atomic E-state index is 0.0480. The van der Waals surface area contributed by atoms with Crippen molar-refractivity contribution in [1.82, 2.24) is 24.8 Å². The molecule has 0 unspecified atom stereocenters. The largest absolute Gasteiger partial charge is 0.352 e. The first-order valence-electron chi connectivity index (χ1n) is 10.3. The summed E-state index contributed by atoms with van der Waals surface area (Å²) < 4.78 is 2.33. The number of hydrogen-bond acceptors (Lipinski definition) is 3. The molecule has 5 rings (SSSR count). The Morgan fingerprint density at radius 3 is 2.69 bits per heavy atom. The first-order chi connectivity index (χ1) is 14.3. The van der Waals surface area contributed by atoms with Crippen molar-refractivity contribution in [3.8, 4) is 0 Å². The van der Waals surface area contributed by atoms with Gasteiger partial charge in [0, 0.05) is 43.1 Å². The van der Waals surface area contributed by atoms with Crippen molar-refractivity contribution in [3.05, 3.63) is 84.2 Å². The molecule has 2 aliphatic rings. The lowest BCUT2D eigenvalue weighted by molar-refractivity contribution is 0.237. The Hall–Kier alpha value is -2.73. The Labute approximate surface area is 176 Å². The van der Waals surface area contributed by atoms with Crippen molar-refractivity contribution in [1.29, 1.82) is 0 Å². The third-order valence-corrected chi connectivity index (χ3v) is 6.43. The minimum Gasteiger partial charge on any atom is -0.352 e. The van der Waals surface area contributed by atoms with Crippen molar-refractivity contribution < 1.29 is 0 Å². The average molecular weight is 404 g/mol. The normalized spacial score (nSPS) is 22.2. The summed E-state index contributed by atoms with van der Waals surface area (Å²) in [6, 6.07) is 15.3. The summed E-state index contributed by atoms with van der Waals surface area (Å²) in [6.07, 6.45) is 12.7. The van der Waals surface area contributed by atoms with Gasteiger partial charge < -0.3 is 14.8 Å². The Bertz CT molecular complexity index is 965. The van der Waals surface area contributed by atoms with Crippen molar-refractivity contribution in [2.45, 2.75) is 50.4 Å². The van der Waals surface area contributed by atoms with Crippen LogP contribution in [0.2, 0.25) is 0 Å². The van der Waals surface area contributed by atoms with Crippen molar-refractivity contribution in [3.63, 3.8) is 0 Å². The van der Waals surface area contributed by atoms with Crippen molar-refractivity contribution in [2.75, 3.05) is 0 Å². The smallest absolute Gasteiger partial charge is 0.170 e. The highest BCUT2D eigenvalue weighted by molar-refractivity contribution is 7.80. The molecule has 6 heteroatoms. The zero-order valence-corrected chi connectivity index (χ0v) is 17.1. The molecule has 1 aliphatic carbocycles. The van der Waals surface area contributed by atoms with Crippen LogP contribution >= 0.6 is 12.2 Å². The van der Waals surface area contributed by atoms with Crippen molar-refractivity contribution in [2.24, 2.45) is 0 Å². The van der Waals surface area contributed by atoms with Gasteiger partial charge in [0.2, 0.25) is 0 Å². The molecule has 0 spiro atoms. The third kappa shape index (κ3) is 3.53. The van der Waals surface area contributed by atoms with E-state index >= 15 is 0 Å². The molecule has 3 aromatic heterocycles. The van der Waals surface area contributed by atoms with Crippen molar-refractivity contribution >= 4 is 17.3 Å². The summed E-state index contributed by atoms with van der Waals surface area (Å²) in [5, 5.41) is 4.45. The molecule has 4 heterocycles. The van der Waals surface area contributed by atoms with E-state index in [2.05, 4.69) is 61.3 Å². The molecule has 148 valence electrons. The van der Waals surface area contributed by atoms with E-state index in [1.165, 1.54) is 36.9 Å². The molecule has 1 aliphatic heterocycles. The van der Waals surface area contributed by atoms with Gasteiger partial charge in [0.25, 0.3) is 0 Å². The Morgan fingerprint density at radius 1 is 1.03 bits per heavy atom. The number of nitrogens with one attached hydrogen (secondary N) is 1. The predicted octanol–water partition coefficient (Wildman–Crippen LogP) is 4.24. The molecule has 2 fully saturated rings. The molecule has 3 aromatic rings. The zero-order chi connectivity index (χ0) is 19.6. The Morgan fingerprint density at radius 2 is 1.93 bits per heavy atom. The van der Waals surface area contributed by atoms with Gasteiger partial charge in [0.05, 0.1) is 17.8 Å². The van der Waals surface area contributed by atoms with E-state index < -0.39 is 0 Å². The lowest BCUT2D eigenvalue weighted by Crippen LogP contribution is -2.38. The standard InChI is InChI=1S/C23H25N5S/c29-23-26-21(19-10-3-4-13-25-19)22(28(23)18-8-1-2-9-18)20-11-6-14-27(20)16-17-7-5-12-24-15-17/h3-7,10-15,18,21-22H,1-2,8-9,16H2,(H,26,29)/t21-,22-/m1/s1. The van der Waals surface area contributed by atoms with Crippen LogP contribution < -0.4 is 5.32 Å². The van der Waals surface area contributed by atoms with Crippen LogP contribution in [0.4, 0.5) is 0 Å². The van der Waals surface area contributed by atoms with Crippen LogP contribution in [-0.2, 0) is 6.54 Å². The highest BCUT2D eigenvalue weighted by atomic mass is 32.1. The fourth-order valence-corrected chi connectivity index (χ4v) is 5.18. The SMILES string of the molecule is S=C1N[C@H](c2ccccn2)[C@@H](c2cccn2Cc2cccnc2)N1C1CCCC1. The molecule has 0 bridgehead atoms. The van der Waals surface area contributed by atoms with Crippen LogP contribution in [0.15, 0.2) is 67.3 Å². The van der Waals surface area contributed by atoms with Crippen LogP contribution in [0, 0.1) is 0 Å². The molecule has 1 saturated carbocycles. The fraction of sp³-hybridized carbons (Fsp3) is 0.348. The molecule has 1 saturated heterocycles. The number of pyridine rings is 2. The number of thiocarbonyl (C=S) groups is 1. The fourth-order valence-electron chi connectivity index (χ4n) is 4.79. The monoisotopic (exact) mass is 403 g/mol. The van der Waals surface area contributed by atoms with Gasteiger partial charge in [-0.05, 0) is 61.0 Å². The van der Waals surface area contributed by atoms with Gasteiger partial charge in [-0.1, -0.05) is 25.0 Å². The van der Waals surface area contributed by atoms with Crippen LogP contribution in [-0.4, -0.2) is 30.6 Å². The molecule has 5 nitrogen and oxygen atoms in total. The van der Waals surface area contributed by atoms with Gasteiger partial charge in [-0.3, -0.25) is 9.97 Å². The highest BCUT2D eigenvalue weighted by Crippen LogP contribution is 2.42. The maximum Gasteiger partial charge on any atom is 0.170 e. The summed E-state index contributed by atoms with van der Waals surface area (Å²) in [7, 11) is 0. The second-order valence-electron chi connectivity index (χ2n) is 7.89. The summed E-state index contributed by atoms with van der Waals surface area (Å²) >= 11 is 5.85. The van der Waals surface area contributed by atoms with Crippen LogP contribution in [0.25, 0.3) is 0 Å². The second-order valence-corrected chi connectivity index (χ2v) is 8.28. The van der Waals surface area contributed by atoms with Crippen LogP contribution in [0.5, 0.6) is 0 Å². The lowest BCUT2D eigenvalue weighted by Gasteiger charge is -2.33. The maximum atomic E-state index is 5.85. The molecule has 1 N–H and O–H groups in total. The molecule has 2 atom stereocenters. The first kappa shape index (κ1) is 18.3. The predicted molar refractivity (Wildman–Crippen MR) is 117 cm³/mol. The summed E-state index contributed by atoms with van der Waals surface area (Å²) in [5.74, 6) is 0. The minimum absolute atomic E-state index is 0.0480. The molecular weight excluding hydrogens is 378 g/mol. The van der Waals surface area contributed by atoms with E-state index in [0.717, 1.165) is 17.4 Å². The summed E-state index contributed by atoms with van der Waals surface area (Å²) in [5.41, 5.74) is 3.50. The van der Waals surface area contributed by atoms with Gasteiger partial charge in [-0.25, -0.2) is 0 Å². The lowest BCUT2D eigenvalue weighted by atomic mass is 9.99. The quantitative estimate of drug-likeness (QED) is 0.646. The highest BCUT2D eigenvalue weighted by Gasteiger charge is 2.44. The molecular formula is C23H25N5S. The van der Waals surface area contributed by atoms with Gasteiger partial charge in [0.1, 0.15) is 0 Å². The number of nitrogens with zero attached hydrogens (tertiary/aromatic N) is 4. The van der Waals surface area contributed by atoms with Crippen LogP contribution in [0.1, 0.15) is 54.7 Å². The maximum absolute atomic E-state index is 5.85. The average Bonchev–Trinajstić information content (AvgIpc) is 3.49. The number of rotatable bonds is 5. The van der Waals surface area contributed by atoms with E-state index in [1.807, 2.05) is 30.7 Å². The van der Waals surface area contributed by atoms with E-state index in [9.17, 15) is 0 Å². The topological polar surface area (TPSA) is 46.0 Å². The summed E-state index contributed by atoms with van der Waals surface area (Å²) in [4.78, 5) is 11.4. The van der Waals surface area contributed by atoms with E-state index in [4.69, 9.17) is 12.2 Å². The molecule has 0 aromatic carbocycles. The van der Waals surface area contributed by atoms with E-state index in [1.54, 1.807) is 0 Å². The molecule has 0 radical (unpaired) electrons.